The number of pyridine rings is 1. The van der Waals surface area contributed by atoms with Crippen LogP contribution in [0.5, 0.6) is 5.75 Å². The summed E-state index contributed by atoms with van der Waals surface area (Å²) in [6.45, 7) is 0.304. The fraction of sp³-hybridized carbons (Fsp3) is 0.222. The number of primary amides is 1. The van der Waals surface area contributed by atoms with Crippen LogP contribution in [-0.2, 0) is 15.0 Å². The molecular weight excluding hydrogens is 352 g/mol. The van der Waals surface area contributed by atoms with Gasteiger partial charge in [-0.1, -0.05) is 18.2 Å². The Morgan fingerprint density at radius 2 is 2.00 bits per heavy atom. The Hall–Kier alpha value is -3.46. The summed E-state index contributed by atoms with van der Waals surface area (Å²) >= 11 is 0. The minimum atomic E-state index is -0.928. The average molecular weight is 368 g/mol. The van der Waals surface area contributed by atoms with Crippen molar-refractivity contribution in [3.05, 3.63) is 58.5 Å². The average Bonchev–Trinajstić information content (AvgIpc) is 3.19. The van der Waals surface area contributed by atoms with Crippen LogP contribution in [0.4, 0.5) is 10.5 Å². The number of hydrogen-bond donors (Lipinski definition) is 3. The summed E-state index contributed by atoms with van der Waals surface area (Å²) in [5, 5.41) is 5.88. The Kier molecular flexibility index (Phi) is 3.81. The minimum absolute atomic E-state index is 0.00141. The summed E-state index contributed by atoms with van der Waals surface area (Å²) < 4.78 is 5.94. The van der Waals surface area contributed by atoms with Gasteiger partial charge < -0.3 is 21.1 Å². The molecule has 9 nitrogen and oxygen atoms in total. The van der Waals surface area contributed by atoms with E-state index in [1.807, 2.05) is 24.3 Å². The number of aromatic nitrogens is 1. The summed E-state index contributed by atoms with van der Waals surface area (Å²) in [6.07, 6.45) is 1.38. The molecule has 1 aromatic carbocycles. The normalized spacial score (nSPS) is 23.1. The molecule has 1 aromatic heterocycles. The van der Waals surface area contributed by atoms with Gasteiger partial charge in [-0.2, -0.15) is 0 Å². The molecule has 0 radical (unpaired) electrons. The Bertz CT molecular complexity index is 1030. The number of amides is 2. The molecule has 2 aromatic rings. The minimum Gasteiger partial charge on any atom is -0.425 e. The van der Waals surface area contributed by atoms with Crippen molar-refractivity contribution in [1.29, 1.82) is 0 Å². The second kappa shape index (κ2) is 6.06. The predicted octanol–water partition coefficient (Wildman–Crippen LogP) is -0.0675. The van der Waals surface area contributed by atoms with Crippen molar-refractivity contribution in [2.24, 2.45) is 5.73 Å². The number of nitrogens with two attached hydrogens (primary N) is 1. The van der Waals surface area contributed by atoms with E-state index in [-0.39, 0.29) is 18.1 Å². The van der Waals surface area contributed by atoms with Crippen LogP contribution in [-0.4, -0.2) is 35.1 Å². The molecule has 2 atom stereocenters. The quantitative estimate of drug-likeness (QED) is 0.636. The van der Waals surface area contributed by atoms with Crippen LogP contribution >= 0.6 is 0 Å². The topological polar surface area (TPSA) is 133 Å². The van der Waals surface area contributed by atoms with E-state index in [2.05, 4.69) is 10.6 Å². The van der Waals surface area contributed by atoms with E-state index in [1.165, 1.54) is 6.07 Å². The van der Waals surface area contributed by atoms with Gasteiger partial charge in [0.2, 0.25) is 5.91 Å². The molecule has 138 valence electrons. The van der Waals surface area contributed by atoms with Gasteiger partial charge in [0.1, 0.15) is 11.8 Å². The third kappa shape index (κ3) is 2.68. The lowest BCUT2D eigenvalue weighted by molar-refractivity contribution is -0.136. The molecule has 2 unspecified atom stereocenters. The third-order valence-electron chi connectivity index (χ3n) is 4.96. The smallest absolute Gasteiger partial charge is 0.328 e. The lowest BCUT2D eigenvalue weighted by atomic mass is 9.79. The summed E-state index contributed by atoms with van der Waals surface area (Å²) in [7, 11) is 0. The SMILES string of the molecule is NC(=O)n1ccc(OC(=O)C2CC3(CN2)C(=O)Nc2ccccc23)cc1=O. The highest BCUT2D eigenvalue weighted by Gasteiger charge is 2.53. The zero-order valence-corrected chi connectivity index (χ0v) is 14.1. The van der Waals surface area contributed by atoms with Crippen LogP contribution in [0.15, 0.2) is 47.4 Å². The van der Waals surface area contributed by atoms with E-state index >= 15 is 0 Å². The van der Waals surface area contributed by atoms with Crippen molar-refractivity contribution < 1.29 is 19.1 Å². The van der Waals surface area contributed by atoms with Crippen LogP contribution in [0.1, 0.15) is 12.0 Å². The summed E-state index contributed by atoms with van der Waals surface area (Å²) in [5.41, 5.74) is 5.12. The number of carbonyl (C=O) groups is 3. The number of nitrogens with one attached hydrogen (secondary N) is 2. The maximum absolute atomic E-state index is 12.5. The van der Waals surface area contributed by atoms with Gasteiger partial charge in [-0.3, -0.25) is 9.59 Å². The molecule has 4 rings (SSSR count). The number of fused-ring (bicyclic) bond motifs is 2. The third-order valence-corrected chi connectivity index (χ3v) is 4.96. The van der Waals surface area contributed by atoms with Crippen molar-refractivity contribution in [1.82, 2.24) is 9.88 Å². The van der Waals surface area contributed by atoms with Crippen LogP contribution in [0, 0.1) is 0 Å². The molecule has 4 N–H and O–H groups in total. The van der Waals surface area contributed by atoms with E-state index < -0.39 is 29.0 Å². The zero-order chi connectivity index (χ0) is 19.2. The van der Waals surface area contributed by atoms with Crippen LogP contribution in [0.25, 0.3) is 0 Å². The van der Waals surface area contributed by atoms with Crippen LogP contribution in [0.3, 0.4) is 0 Å². The summed E-state index contributed by atoms with van der Waals surface area (Å²) in [4.78, 5) is 47.9. The first kappa shape index (κ1) is 17.0. The number of anilines is 1. The number of benzene rings is 1. The predicted molar refractivity (Wildman–Crippen MR) is 94.5 cm³/mol. The molecule has 2 aliphatic rings. The molecule has 3 heterocycles. The lowest BCUT2D eigenvalue weighted by Gasteiger charge is -2.20. The Labute approximate surface area is 153 Å². The fourth-order valence-electron chi connectivity index (χ4n) is 3.60. The van der Waals surface area contributed by atoms with Gasteiger partial charge in [-0.15, -0.1) is 0 Å². The molecule has 1 saturated heterocycles. The second-order valence-corrected chi connectivity index (χ2v) is 6.55. The van der Waals surface area contributed by atoms with E-state index in [9.17, 15) is 19.2 Å². The number of carbonyl (C=O) groups excluding carboxylic acids is 3. The molecule has 27 heavy (non-hydrogen) atoms. The van der Waals surface area contributed by atoms with Gasteiger partial charge in [0.25, 0.3) is 5.56 Å². The highest BCUT2D eigenvalue weighted by atomic mass is 16.5. The first-order valence-electron chi connectivity index (χ1n) is 8.29. The molecule has 9 heteroatoms. The molecule has 0 bridgehead atoms. The number of hydrogen-bond acceptors (Lipinski definition) is 6. The largest absolute Gasteiger partial charge is 0.425 e. The van der Waals surface area contributed by atoms with Crippen LogP contribution in [0.2, 0.25) is 0 Å². The Balaban J connectivity index is 1.52. The van der Waals surface area contributed by atoms with Gasteiger partial charge in [-0.25, -0.2) is 14.2 Å². The fourth-order valence-corrected chi connectivity index (χ4v) is 3.60. The maximum Gasteiger partial charge on any atom is 0.328 e. The monoisotopic (exact) mass is 368 g/mol. The number of para-hydroxylation sites is 1. The molecule has 0 saturated carbocycles. The Morgan fingerprint density at radius 3 is 2.74 bits per heavy atom. The van der Waals surface area contributed by atoms with E-state index in [4.69, 9.17) is 10.5 Å². The van der Waals surface area contributed by atoms with Crippen molar-refractivity contribution in [3.8, 4) is 5.75 Å². The van der Waals surface area contributed by atoms with Gasteiger partial charge in [0, 0.05) is 24.5 Å². The Morgan fingerprint density at radius 1 is 1.22 bits per heavy atom. The number of nitrogens with zero attached hydrogens (tertiary/aromatic N) is 1. The molecule has 1 fully saturated rings. The van der Waals surface area contributed by atoms with E-state index in [0.29, 0.717) is 11.1 Å². The van der Waals surface area contributed by atoms with Gasteiger partial charge in [0.15, 0.2) is 0 Å². The standard InChI is InChI=1S/C18H16N4O5/c19-17(26)22-6-5-10(7-14(22)23)27-15(24)13-8-18(9-20-13)11-3-1-2-4-12(11)21-16(18)25/h1-7,13,20H,8-9H2,(H2,19,26)(H,21,25). The van der Waals surface area contributed by atoms with Gasteiger partial charge in [-0.05, 0) is 24.1 Å². The lowest BCUT2D eigenvalue weighted by Crippen LogP contribution is -2.36. The number of ether oxygens (including phenoxy) is 1. The maximum atomic E-state index is 12.5. The summed E-state index contributed by atoms with van der Waals surface area (Å²) in [5.74, 6) is -0.766. The van der Waals surface area contributed by atoms with E-state index in [0.717, 1.165) is 23.5 Å². The van der Waals surface area contributed by atoms with Gasteiger partial charge >= 0.3 is 12.0 Å². The first-order chi connectivity index (χ1) is 12.9. The second-order valence-electron chi connectivity index (χ2n) is 6.55. The molecule has 2 aliphatic heterocycles. The van der Waals surface area contributed by atoms with Gasteiger partial charge in [0.05, 0.1) is 5.41 Å². The summed E-state index contributed by atoms with van der Waals surface area (Å²) in [6, 6.07) is 8.04. The number of rotatable bonds is 2. The first-order valence-corrected chi connectivity index (χ1v) is 8.29. The van der Waals surface area contributed by atoms with Crippen molar-refractivity contribution >= 4 is 23.6 Å². The molecule has 1 spiro atoms. The highest BCUT2D eigenvalue weighted by molar-refractivity contribution is 6.07. The van der Waals surface area contributed by atoms with Crippen molar-refractivity contribution in [2.45, 2.75) is 17.9 Å². The van der Waals surface area contributed by atoms with E-state index in [1.54, 1.807) is 0 Å². The number of esters is 1. The van der Waals surface area contributed by atoms with Crippen molar-refractivity contribution in [3.63, 3.8) is 0 Å². The van der Waals surface area contributed by atoms with Crippen LogP contribution < -0.4 is 26.7 Å². The molecule has 2 amide bonds. The molecule has 0 aliphatic carbocycles. The van der Waals surface area contributed by atoms with Crippen molar-refractivity contribution in [2.75, 3.05) is 11.9 Å². The zero-order valence-electron chi connectivity index (χ0n) is 14.1. The molecular formula is C18H16N4O5. The highest BCUT2D eigenvalue weighted by Crippen LogP contribution is 2.43.